The van der Waals surface area contributed by atoms with Crippen molar-refractivity contribution in [3.8, 4) is 0 Å². The molecule has 0 saturated heterocycles. The Kier molecular flexibility index (Phi) is 4.64. The van der Waals surface area contributed by atoms with E-state index in [9.17, 15) is 9.59 Å². The molecule has 2 saturated carbocycles. The molecule has 0 aromatic rings. The van der Waals surface area contributed by atoms with Crippen LogP contribution in [0, 0.1) is 17.3 Å². The van der Waals surface area contributed by atoms with Crippen LogP contribution in [-0.4, -0.2) is 17.4 Å². The molecule has 0 bridgehead atoms. The summed E-state index contributed by atoms with van der Waals surface area (Å²) in [5.74, 6) is 0.0809. The van der Waals surface area contributed by atoms with Crippen LogP contribution in [0.4, 0.5) is 0 Å². The number of primary amides is 1. The van der Waals surface area contributed by atoms with Crippen molar-refractivity contribution >= 4 is 11.8 Å². The first kappa shape index (κ1) is 16.3. The van der Waals surface area contributed by atoms with Gasteiger partial charge in [0.25, 0.3) is 0 Å². The minimum Gasteiger partial charge on any atom is -0.369 e. The average Bonchev–Trinajstić information content (AvgIpc) is 2.76. The van der Waals surface area contributed by atoms with Gasteiger partial charge in [-0.25, -0.2) is 0 Å². The standard InChI is InChI=1S/C17H30N2O2/c1-16(2,3)19-14(20)13(11-12-7-4-5-8-12)17(15(18)21)9-6-10-17/h12-13H,4-11H2,1-3H3,(H2,18,21)(H,19,20)/t13-/m0/s1. The lowest BCUT2D eigenvalue weighted by Gasteiger charge is -2.45. The van der Waals surface area contributed by atoms with Crippen molar-refractivity contribution in [2.75, 3.05) is 0 Å². The van der Waals surface area contributed by atoms with Crippen LogP contribution in [0.2, 0.25) is 0 Å². The van der Waals surface area contributed by atoms with Gasteiger partial charge >= 0.3 is 0 Å². The van der Waals surface area contributed by atoms with Gasteiger partial charge in [-0.05, 0) is 46.0 Å². The molecule has 2 fully saturated rings. The van der Waals surface area contributed by atoms with E-state index >= 15 is 0 Å². The fourth-order valence-corrected chi connectivity index (χ4v) is 3.94. The molecule has 0 aromatic heterocycles. The normalized spacial score (nSPS) is 23.4. The van der Waals surface area contributed by atoms with Gasteiger partial charge in [-0.15, -0.1) is 0 Å². The summed E-state index contributed by atoms with van der Waals surface area (Å²) in [7, 11) is 0. The zero-order valence-corrected chi connectivity index (χ0v) is 13.7. The number of rotatable bonds is 5. The molecule has 2 rings (SSSR count). The molecule has 2 aliphatic carbocycles. The van der Waals surface area contributed by atoms with E-state index in [1.807, 2.05) is 20.8 Å². The highest BCUT2D eigenvalue weighted by Gasteiger charge is 2.52. The van der Waals surface area contributed by atoms with Crippen LogP contribution in [0.15, 0.2) is 0 Å². The van der Waals surface area contributed by atoms with Crippen LogP contribution in [0.5, 0.6) is 0 Å². The van der Waals surface area contributed by atoms with Crippen molar-refractivity contribution in [3.63, 3.8) is 0 Å². The molecule has 4 heteroatoms. The largest absolute Gasteiger partial charge is 0.369 e. The lowest BCUT2D eigenvalue weighted by atomic mass is 9.58. The molecule has 0 radical (unpaired) electrons. The minimum absolute atomic E-state index is 0.0212. The van der Waals surface area contributed by atoms with Gasteiger partial charge < -0.3 is 11.1 Å². The van der Waals surface area contributed by atoms with Crippen LogP contribution in [0.3, 0.4) is 0 Å². The monoisotopic (exact) mass is 294 g/mol. The zero-order chi connectivity index (χ0) is 15.7. The van der Waals surface area contributed by atoms with Gasteiger partial charge in [-0.3, -0.25) is 9.59 Å². The highest BCUT2D eigenvalue weighted by atomic mass is 16.2. The second kappa shape index (κ2) is 5.98. The topological polar surface area (TPSA) is 72.2 Å². The maximum absolute atomic E-state index is 12.8. The van der Waals surface area contributed by atoms with Crippen molar-refractivity contribution in [1.29, 1.82) is 0 Å². The summed E-state index contributed by atoms with van der Waals surface area (Å²) in [4.78, 5) is 24.8. The number of hydrogen-bond acceptors (Lipinski definition) is 2. The molecular weight excluding hydrogens is 264 g/mol. The molecule has 21 heavy (non-hydrogen) atoms. The van der Waals surface area contributed by atoms with E-state index in [0.29, 0.717) is 5.92 Å². The maximum Gasteiger partial charge on any atom is 0.224 e. The Labute approximate surface area is 128 Å². The van der Waals surface area contributed by atoms with Gasteiger partial charge in [0.2, 0.25) is 11.8 Å². The van der Waals surface area contributed by atoms with Gasteiger partial charge in [0, 0.05) is 5.54 Å². The molecule has 0 unspecified atom stereocenters. The van der Waals surface area contributed by atoms with E-state index in [2.05, 4.69) is 5.32 Å². The highest BCUT2D eigenvalue weighted by molar-refractivity contribution is 5.90. The fraction of sp³-hybridized carbons (Fsp3) is 0.882. The summed E-state index contributed by atoms with van der Waals surface area (Å²) in [6, 6.07) is 0. The van der Waals surface area contributed by atoms with E-state index < -0.39 is 5.41 Å². The Balaban J connectivity index is 2.16. The van der Waals surface area contributed by atoms with Crippen molar-refractivity contribution in [2.45, 2.75) is 77.7 Å². The SMILES string of the molecule is CC(C)(C)NC(=O)[C@H](CC1CCCC1)C1(C(N)=O)CCC1. The highest BCUT2D eigenvalue weighted by Crippen LogP contribution is 2.50. The number of nitrogens with two attached hydrogens (primary N) is 1. The van der Waals surface area contributed by atoms with Crippen LogP contribution in [0.1, 0.15) is 72.1 Å². The number of hydrogen-bond donors (Lipinski definition) is 2. The summed E-state index contributed by atoms with van der Waals surface area (Å²) in [6.07, 6.45) is 8.26. The number of amides is 2. The summed E-state index contributed by atoms with van der Waals surface area (Å²) < 4.78 is 0. The van der Waals surface area contributed by atoms with Crippen molar-refractivity contribution in [2.24, 2.45) is 23.0 Å². The van der Waals surface area contributed by atoms with Crippen molar-refractivity contribution in [3.05, 3.63) is 0 Å². The Morgan fingerprint density at radius 2 is 1.76 bits per heavy atom. The number of carbonyl (C=O) groups is 2. The molecule has 4 nitrogen and oxygen atoms in total. The minimum atomic E-state index is -0.585. The van der Waals surface area contributed by atoms with E-state index in [0.717, 1.165) is 25.7 Å². The first-order chi connectivity index (χ1) is 9.74. The number of nitrogens with one attached hydrogen (secondary N) is 1. The van der Waals surface area contributed by atoms with Gasteiger partial charge in [0.05, 0.1) is 11.3 Å². The molecule has 0 spiro atoms. The summed E-state index contributed by atoms with van der Waals surface area (Å²) >= 11 is 0. The summed E-state index contributed by atoms with van der Waals surface area (Å²) in [5.41, 5.74) is 4.83. The predicted molar refractivity (Wildman–Crippen MR) is 83.4 cm³/mol. The third-order valence-corrected chi connectivity index (χ3v) is 5.26. The molecule has 1 atom stereocenters. The van der Waals surface area contributed by atoms with Gasteiger partial charge in [0.1, 0.15) is 0 Å². The van der Waals surface area contributed by atoms with Gasteiger partial charge in [-0.2, -0.15) is 0 Å². The molecule has 0 aromatic carbocycles. The molecule has 2 amide bonds. The van der Waals surface area contributed by atoms with E-state index in [1.165, 1.54) is 25.7 Å². The lowest BCUT2D eigenvalue weighted by Crippen LogP contribution is -2.56. The average molecular weight is 294 g/mol. The Morgan fingerprint density at radius 1 is 1.19 bits per heavy atom. The van der Waals surface area contributed by atoms with Crippen LogP contribution < -0.4 is 11.1 Å². The molecule has 0 aliphatic heterocycles. The van der Waals surface area contributed by atoms with Crippen molar-refractivity contribution in [1.82, 2.24) is 5.32 Å². The third-order valence-electron chi connectivity index (χ3n) is 5.26. The number of carbonyl (C=O) groups excluding carboxylic acids is 2. The fourth-order valence-electron chi connectivity index (χ4n) is 3.94. The van der Waals surface area contributed by atoms with E-state index in [4.69, 9.17) is 5.73 Å². The second-order valence-electron chi connectivity index (χ2n) is 8.05. The summed E-state index contributed by atoms with van der Waals surface area (Å²) in [6.45, 7) is 5.94. The quantitative estimate of drug-likeness (QED) is 0.818. The molecule has 2 aliphatic rings. The van der Waals surface area contributed by atoms with E-state index in [1.54, 1.807) is 0 Å². The van der Waals surface area contributed by atoms with Crippen LogP contribution >= 0.6 is 0 Å². The third kappa shape index (κ3) is 3.58. The lowest BCUT2D eigenvalue weighted by molar-refractivity contribution is -0.148. The van der Waals surface area contributed by atoms with Gasteiger partial charge in [0.15, 0.2) is 0 Å². The molecular formula is C17H30N2O2. The van der Waals surface area contributed by atoms with Crippen molar-refractivity contribution < 1.29 is 9.59 Å². The van der Waals surface area contributed by atoms with Crippen LogP contribution in [-0.2, 0) is 9.59 Å². The molecule has 120 valence electrons. The smallest absolute Gasteiger partial charge is 0.224 e. The van der Waals surface area contributed by atoms with E-state index in [-0.39, 0.29) is 23.3 Å². The predicted octanol–water partition coefficient (Wildman–Crippen LogP) is 2.75. The second-order valence-corrected chi connectivity index (χ2v) is 8.05. The Morgan fingerprint density at radius 3 is 2.14 bits per heavy atom. The van der Waals surface area contributed by atoms with Gasteiger partial charge in [-0.1, -0.05) is 32.1 Å². The van der Waals surface area contributed by atoms with Crippen LogP contribution in [0.25, 0.3) is 0 Å². The Hall–Kier alpha value is -1.06. The first-order valence-corrected chi connectivity index (χ1v) is 8.36. The first-order valence-electron chi connectivity index (χ1n) is 8.36. The summed E-state index contributed by atoms with van der Waals surface area (Å²) in [5, 5.41) is 3.08. The zero-order valence-electron chi connectivity index (χ0n) is 13.7. The Bertz CT molecular complexity index is 402. The maximum atomic E-state index is 12.8. The molecule has 3 N–H and O–H groups in total. The molecule has 0 heterocycles.